The predicted molar refractivity (Wildman–Crippen MR) is 62.4 cm³/mol. The zero-order valence-electron chi connectivity index (χ0n) is 8.03. The summed E-state index contributed by atoms with van der Waals surface area (Å²) >= 11 is 7.57. The van der Waals surface area contributed by atoms with Crippen LogP contribution in [0, 0.1) is 11.3 Å². The van der Waals surface area contributed by atoms with E-state index in [0.717, 1.165) is 10.8 Å². The average molecular weight is 226 g/mol. The van der Waals surface area contributed by atoms with E-state index < -0.39 is 0 Å². The first-order valence-corrected chi connectivity index (χ1v) is 5.88. The van der Waals surface area contributed by atoms with Gasteiger partial charge in [0.1, 0.15) is 0 Å². The normalized spacial score (nSPS) is 12.1. The Morgan fingerprint density at radius 3 is 2.64 bits per heavy atom. The van der Waals surface area contributed by atoms with Crippen LogP contribution in [0.5, 0.6) is 0 Å². The topological polar surface area (TPSA) is 23.8 Å². The minimum absolute atomic E-state index is 0.399. The van der Waals surface area contributed by atoms with Crippen molar-refractivity contribution in [3.63, 3.8) is 0 Å². The molecule has 0 aliphatic carbocycles. The van der Waals surface area contributed by atoms with Crippen molar-refractivity contribution in [2.75, 3.05) is 0 Å². The summed E-state index contributed by atoms with van der Waals surface area (Å²) < 4.78 is 0. The van der Waals surface area contributed by atoms with Crippen molar-refractivity contribution in [3.8, 4) is 6.07 Å². The molecule has 1 aromatic carbocycles. The lowest BCUT2D eigenvalue weighted by Gasteiger charge is -2.06. The summed E-state index contributed by atoms with van der Waals surface area (Å²) in [5, 5.41) is 9.66. The number of thioether (sulfide) groups is 1. The zero-order valence-corrected chi connectivity index (χ0v) is 9.61. The number of nitrogens with zero attached hydrogens (tertiary/aromatic N) is 1. The molecular formula is C11H12ClNS. The lowest BCUT2D eigenvalue weighted by molar-refractivity contribution is 0.989. The van der Waals surface area contributed by atoms with Crippen LogP contribution in [0.1, 0.15) is 18.9 Å². The van der Waals surface area contributed by atoms with Gasteiger partial charge in [0.25, 0.3) is 0 Å². The first-order chi connectivity index (χ1) is 6.72. The number of nitriles is 1. The maximum absolute atomic E-state index is 8.49. The molecule has 1 aromatic rings. The van der Waals surface area contributed by atoms with Gasteiger partial charge in [0.2, 0.25) is 0 Å². The third-order valence-electron chi connectivity index (χ3n) is 1.83. The van der Waals surface area contributed by atoms with Gasteiger partial charge in [-0.15, -0.1) is 0 Å². The molecule has 0 aliphatic heterocycles. The molecule has 0 fully saturated rings. The largest absolute Gasteiger partial charge is 0.198 e. The number of hydrogen-bond donors (Lipinski definition) is 0. The number of halogens is 1. The molecule has 0 saturated heterocycles. The Balaban J connectivity index is 2.39. The van der Waals surface area contributed by atoms with E-state index in [9.17, 15) is 0 Å². The minimum Gasteiger partial charge on any atom is -0.198 e. The molecule has 3 heteroatoms. The molecule has 1 rings (SSSR count). The van der Waals surface area contributed by atoms with E-state index in [1.54, 1.807) is 11.8 Å². The highest BCUT2D eigenvalue weighted by Crippen LogP contribution is 2.20. The van der Waals surface area contributed by atoms with Crippen LogP contribution >= 0.6 is 23.4 Å². The number of rotatable bonds is 4. The summed E-state index contributed by atoms with van der Waals surface area (Å²) in [6, 6.07) is 10.0. The monoisotopic (exact) mass is 225 g/mol. The van der Waals surface area contributed by atoms with Gasteiger partial charge in [-0.3, -0.25) is 0 Å². The fourth-order valence-corrected chi connectivity index (χ4v) is 1.99. The van der Waals surface area contributed by atoms with Gasteiger partial charge in [0.05, 0.1) is 6.07 Å². The van der Waals surface area contributed by atoms with Crippen molar-refractivity contribution in [1.29, 1.82) is 5.26 Å². The second-order valence-corrected chi connectivity index (χ2v) is 4.97. The molecule has 0 radical (unpaired) electrons. The lowest BCUT2D eigenvalue weighted by atomic mass is 10.2. The highest BCUT2D eigenvalue weighted by atomic mass is 35.5. The fourth-order valence-electron chi connectivity index (χ4n) is 1.01. The van der Waals surface area contributed by atoms with Gasteiger partial charge >= 0.3 is 0 Å². The molecule has 0 aliphatic rings. The molecular weight excluding hydrogens is 214 g/mol. The van der Waals surface area contributed by atoms with Crippen LogP contribution in [0.3, 0.4) is 0 Å². The number of benzene rings is 1. The van der Waals surface area contributed by atoms with Gasteiger partial charge < -0.3 is 0 Å². The van der Waals surface area contributed by atoms with Crippen LogP contribution in [0.2, 0.25) is 5.02 Å². The first-order valence-electron chi connectivity index (χ1n) is 4.45. The molecule has 0 amide bonds. The molecule has 1 atom stereocenters. The molecule has 0 spiro atoms. The average Bonchev–Trinajstić information content (AvgIpc) is 2.17. The highest BCUT2D eigenvalue weighted by Gasteiger charge is 2.01. The molecule has 0 N–H and O–H groups in total. The fraction of sp³-hybridized carbons (Fsp3) is 0.364. The molecule has 14 heavy (non-hydrogen) atoms. The van der Waals surface area contributed by atoms with Crippen molar-refractivity contribution >= 4 is 23.4 Å². The summed E-state index contributed by atoms with van der Waals surface area (Å²) in [4.78, 5) is 0. The van der Waals surface area contributed by atoms with Gasteiger partial charge in [0, 0.05) is 22.4 Å². The van der Waals surface area contributed by atoms with Crippen LogP contribution in [-0.4, -0.2) is 5.25 Å². The molecule has 0 saturated carbocycles. The van der Waals surface area contributed by atoms with Gasteiger partial charge in [0.15, 0.2) is 0 Å². The predicted octanol–water partition coefficient (Wildman–Crippen LogP) is 3.88. The van der Waals surface area contributed by atoms with Crippen molar-refractivity contribution in [1.82, 2.24) is 0 Å². The summed E-state index contributed by atoms with van der Waals surface area (Å²) in [6.07, 6.45) is 0.609. The molecule has 1 nitrogen and oxygen atoms in total. The maximum atomic E-state index is 8.49. The van der Waals surface area contributed by atoms with Crippen molar-refractivity contribution < 1.29 is 0 Å². The molecule has 0 bridgehead atoms. The van der Waals surface area contributed by atoms with E-state index in [4.69, 9.17) is 16.9 Å². The summed E-state index contributed by atoms with van der Waals surface area (Å²) in [5.41, 5.74) is 1.25. The van der Waals surface area contributed by atoms with Crippen LogP contribution < -0.4 is 0 Å². The van der Waals surface area contributed by atoms with E-state index >= 15 is 0 Å². The van der Waals surface area contributed by atoms with Crippen LogP contribution in [0.15, 0.2) is 24.3 Å². The Labute approximate surface area is 94.1 Å². The Morgan fingerprint density at radius 1 is 1.43 bits per heavy atom. The maximum Gasteiger partial charge on any atom is 0.0633 e. The highest BCUT2D eigenvalue weighted by molar-refractivity contribution is 7.99. The van der Waals surface area contributed by atoms with Crippen molar-refractivity contribution in [2.45, 2.75) is 24.3 Å². The molecule has 74 valence electrons. The standard InChI is InChI=1S/C11H12ClNS/c1-9(6-7-13)14-8-10-2-4-11(12)5-3-10/h2-5,9H,6,8H2,1H3. The first kappa shape index (κ1) is 11.4. The third-order valence-corrected chi connectivity index (χ3v) is 3.31. The number of hydrogen-bond acceptors (Lipinski definition) is 2. The summed E-state index contributed by atoms with van der Waals surface area (Å²) in [6.45, 7) is 2.07. The van der Waals surface area contributed by atoms with Crippen molar-refractivity contribution in [2.24, 2.45) is 0 Å². The SMILES string of the molecule is CC(CC#N)SCc1ccc(Cl)cc1. The third kappa shape index (κ3) is 4.04. The molecule has 0 heterocycles. The zero-order chi connectivity index (χ0) is 10.4. The van der Waals surface area contributed by atoms with E-state index in [1.807, 2.05) is 24.3 Å². The van der Waals surface area contributed by atoms with E-state index in [1.165, 1.54) is 5.56 Å². The quantitative estimate of drug-likeness (QED) is 0.777. The summed E-state index contributed by atoms with van der Waals surface area (Å²) in [5.74, 6) is 0.944. The Kier molecular flexibility index (Phi) is 4.86. The molecule has 1 unspecified atom stereocenters. The second kappa shape index (κ2) is 5.95. The minimum atomic E-state index is 0.399. The Morgan fingerprint density at radius 2 is 2.07 bits per heavy atom. The van der Waals surface area contributed by atoms with Gasteiger partial charge in [-0.25, -0.2) is 0 Å². The van der Waals surface area contributed by atoms with Gasteiger partial charge in [-0.05, 0) is 17.7 Å². The van der Waals surface area contributed by atoms with Crippen LogP contribution in [0.25, 0.3) is 0 Å². The lowest BCUT2D eigenvalue weighted by Crippen LogP contribution is -1.94. The van der Waals surface area contributed by atoms with Gasteiger partial charge in [-0.2, -0.15) is 17.0 Å². The smallest absolute Gasteiger partial charge is 0.0633 e. The van der Waals surface area contributed by atoms with E-state index in [2.05, 4.69) is 13.0 Å². The van der Waals surface area contributed by atoms with Crippen molar-refractivity contribution in [3.05, 3.63) is 34.9 Å². The van der Waals surface area contributed by atoms with Gasteiger partial charge in [-0.1, -0.05) is 30.7 Å². The van der Waals surface area contributed by atoms with Crippen LogP contribution in [-0.2, 0) is 5.75 Å². The summed E-state index contributed by atoms with van der Waals surface area (Å²) in [7, 11) is 0. The Bertz CT molecular complexity index is 315. The second-order valence-electron chi connectivity index (χ2n) is 3.11. The van der Waals surface area contributed by atoms with E-state index in [-0.39, 0.29) is 0 Å². The van der Waals surface area contributed by atoms with Crippen LogP contribution in [0.4, 0.5) is 0 Å². The van der Waals surface area contributed by atoms with E-state index in [0.29, 0.717) is 11.7 Å². The molecule has 0 aromatic heterocycles. The Hall–Kier alpha value is -0.650.